The van der Waals surface area contributed by atoms with Crippen molar-refractivity contribution in [1.82, 2.24) is 20.2 Å². The fourth-order valence-corrected chi connectivity index (χ4v) is 6.42. The fourth-order valence-electron chi connectivity index (χ4n) is 6.42. The zero-order valence-corrected chi connectivity index (χ0v) is 24.9. The number of pyridine rings is 2. The first-order valence-corrected chi connectivity index (χ1v) is 14.5. The van der Waals surface area contributed by atoms with Crippen LogP contribution in [0.5, 0.6) is 0 Å². The van der Waals surface area contributed by atoms with Crippen molar-refractivity contribution in [2.24, 2.45) is 5.73 Å². The number of aromatic nitrogens is 2. The van der Waals surface area contributed by atoms with Crippen molar-refractivity contribution < 1.29 is 33.4 Å². The lowest BCUT2D eigenvalue weighted by atomic mass is 9.81. The molecule has 44 heavy (non-hydrogen) atoms. The molecule has 4 heterocycles. The smallest absolute Gasteiger partial charge is 0.343 e. The minimum atomic E-state index is -1.98. The summed E-state index contributed by atoms with van der Waals surface area (Å²) >= 11 is 0. The zero-order chi connectivity index (χ0) is 31.7. The molecule has 6 rings (SSSR count). The van der Waals surface area contributed by atoms with Crippen LogP contribution < -0.4 is 21.9 Å². The standard InChI is InChI=1S/C31H34FN5O7/c1-5-31(42)18-8-22-26-16(10-37(22)27(39)17(18)11-44-29(31)41)25-20(35-23(38)12-43-13-34-28(40)30(3,4)33)7-6-15-14(2)19(32)9-21(36-26)24(15)25/h8-9,20,42H,5-7,10-13,33H2,1-4H3,(H,34,40)(H,35,38)/t20-,31-/m0/s1. The lowest BCUT2D eigenvalue weighted by molar-refractivity contribution is -0.172. The largest absolute Gasteiger partial charge is 0.458 e. The van der Waals surface area contributed by atoms with Gasteiger partial charge in [-0.05, 0) is 62.8 Å². The van der Waals surface area contributed by atoms with E-state index in [1.54, 1.807) is 33.8 Å². The van der Waals surface area contributed by atoms with Crippen molar-refractivity contribution in [3.05, 3.63) is 61.7 Å². The first-order valence-electron chi connectivity index (χ1n) is 14.5. The van der Waals surface area contributed by atoms with Gasteiger partial charge in [0.1, 0.15) is 25.8 Å². The van der Waals surface area contributed by atoms with Crippen molar-refractivity contribution in [2.75, 3.05) is 13.3 Å². The van der Waals surface area contributed by atoms with E-state index in [0.29, 0.717) is 40.9 Å². The number of nitrogens with one attached hydrogen (secondary N) is 2. The number of nitrogens with two attached hydrogens (primary N) is 1. The molecule has 3 aromatic rings. The van der Waals surface area contributed by atoms with E-state index < -0.39 is 46.3 Å². The van der Waals surface area contributed by atoms with Crippen molar-refractivity contribution in [2.45, 2.75) is 77.3 Å². The van der Waals surface area contributed by atoms with Crippen molar-refractivity contribution in [3.63, 3.8) is 0 Å². The number of rotatable bonds is 7. The van der Waals surface area contributed by atoms with Crippen LogP contribution in [-0.2, 0) is 49.0 Å². The molecule has 0 radical (unpaired) electrons. The maximum Gasteiger partial charge on any atom is 0.343 e. The first kappa shape index (κ1) is 29.9. The Morgan fingerprint density at radius 2 is 2.02 bits per heavy atom. The van der Waals surface area contributed by atoms with Crippen molar-refractivity contribution >= 4 is 28.7 Å². The minimum absolute atomic E-state index is 0.00265. The Labute approximate surface area is 251 Å². The highest BCUT2D eigenvalue weighted by molar-refractivity contribution is 5.94. The van der Waals surface area contributed by atoms with Crippen LogP contribution in [-0.4, -0.2) is 51.3 Å². The van der Waals surface area contributed by atoms with Gasteiger partial charge in [-0.25, -0.2) is 14.2 Å². The Hall–Kier alpha value is -4.20. The van der Waals surface area contributed by atoms with E-state index >= 15 is 4.39 Å². The Kier molecular flexibility index (Phi) is 7.10. The number of hydrogen-bond acceptors (Lipinski definition) is 9. The van der Waals surface area contributed by atoms with Crippen LogP contribution in [0.2, 0.25) is 0 Å². The molecule has 0 unspecified atom stereocenters. The zero-order valence-electron chi connectivity index (χ0n) is 24.9. The third-order valence-electron chi connectivity index (χ3n) is 8.87. The second-order valence-electron chi connectivity index (χ2n) is 12.2. The predicted molar refractivity (Wildman–Crippen MR) is 156 cm³/mol. The second kappa shape index (κ2) is 10.5. The highest BCUT2D eigenvalue weighted by Gasteiger charge is 2.46. The molecule has 12 nitrogen and oxygen atoms in total. The normalized spacial score (nSPS) is 20.1. The number of amides is 2. The highest BCUT2D eigenvalue weighted by Crippen LogP contribution is 2.45. The van der Waals surface area contributed by atoms with E-state index in [4.69, 9.17) is 20.2 Å². The SMILES string of the molecule is CC[C@@]1(O)C(=O)OCc2c1cc1n(c2=O)Cc2c-1nc1cc(F)c(C)c3c1c2[C@@H](NC(=O)COCNC(=O)C(C)(C)N)CC3. The summed E-state index contributed by atoms with van der Waals surface area (Å²) in [6, 6.07) is 2.45. The molecular formula is C31H34FN5O7. The summed E-state index contributed by atoms with van der Waals surface area (Å²) in [6.45, 7) is 5.78. The molecule has 0 saturated heterocycles. The van der Waals surface area contributed by atoms with Crippen LogP contribution in [0.15, 0.2) is 16.9 Å². The number of fused-ring (bicyclic) bond motifs is 5. The lowest BCUT2D eigenvalue weighted by Gasteiger charge is -2.31. The number of hydrogen-bond donors (Lipinski definition) is 4. The third kappa shape index (κ3) is 4.57. The molecule has 1 aromatic carbocycles. The molecule has 5 N–H and O–H groups in total. The topological polar surface area (TPSA) is 175 Å². The number of aryl methyl sites for hydroxylation is 1. The third-order valence-corrected chi connectivity index (χ3v) is 8.87. The van der Waals surface area contributed by atoms with Gasteiger partial charge in [-0.2, -0.15) is 0 Å². The number of cyclic esters (lactones) is 1. The van der Waals surface area contributed by atoms with E-state index in [2.05, 4.69) is 10.6 Å². The summed E-state index contributed by atoms with van der Waals surface area (Å²) in [5, 5.41) is 17.5. The molecule has 0 fully saturated rings. The summed E-state index contributed by atoms with van der Waals surface area (Å²) in [7, 11) is 0. The Balaban J connectivity index is 1.40. The van der Waals surface area contributed by atoms with Gasteiger partial charge in [-0.15, -0.1) is 0 Å². The van der Waals surface area contributed by atoms with Gasteiger partial charge in [0.2, 0.25) is 11.8 Å². The van der Waals surface area contributed by atoms with E-state index in [0.717, 1.165) is 16.5 Å². The quantitative estimate of drug-likeness (QED) is 0.138. The molecule has 13 heteroatoms. The van der Waals surface area contributed by atoms with E-state index in [9.17, 15) is 24.3 Å². The molecule has 0 spiro atoms. The molecule has 1 aliphatic carbocycles. The Bertz CT molecular complexity index is 1830. The van der Waals surface area contributed by atoms with Crippen molar-refractivity contribution in [1.29, 1.82) is 0 Å². The molecule has 3 aliphatic rings. The van der Waals surface area contributed by atoms with Crippen LogP contribution in [0.1, 0.15) is 73.0 Å². The average Bonchev–Trinajstić information content (AvgIpc) is 3.34. The number of esters is 1. The number of nitrogens with zero attached hydrogens (tertiary/aromatic N) is 2. The summed E-state index contributed by atoms with van der Waals surface area (Å²) < 4.78 is 27.1. The maximum absolute atomic E-state index is 15.1. The van der Waals surface area contributed by atoms with Gasteiger partial charge >= 0.3 is 5.97 Å². The van der Waals surface area contributed by atoms with Crippen LogP contribution in [0.3, 0.4) is 0 Å². The maximum atomic E-state index is 15.1. The van der Waals surface area contributed by atoms with E-state index in [1.807, 2.05) is 0 Å². The molecular weight excluding hydrogens is 573 g/mol. The van der Waals surface area contributed by atoms with Gasteiger partial charge in [-0.1, -0.05) is 6.92 Å². The number of benzene rings is 1. The fraction of sp³-hybridized carbons (Fsp3) is 0.452. The van der Waals surface area contributed by atoms with E-state index in [-0.39, 0.29) is 44.0 Å². The van der Waals surface area contributed by atoms with E-state index in [1.165, 1.54) is 10.6 Å². The molecule has 232 valence electrons. The molecule has 2 atom stereocenters. The van der Waals surface area contributed by atoms with Crippen molar-refractivity contribution in [3.8, 4) is 11.4 Å². The number of carbonyl (C=O) groups excluding carboxylic acids is 3. The molecule has 0 saturated carbocycles. The van der Waals surface area contributed by atoms with Crippen LogP contribution in [0.25, 0.3) is 22.3 Å². The Morgan fingerprint density at radius 3 is 2.73 bits per heavy atom. The van der Waals surface area contributed by atoms with Gasteiger partial charge < -0.3 is 35.5 Å². The van der Waals surface area contributed by atoms with Gasteiger partial charge in [-0.3, -0.25) is 14.4 Å². The van der Waals surface area contributed by atoms with Crippen LogP contribution in [0, 0.1) is 12.7 Å². The summed E-state index contributed by atoms with van der Waals surface area (Å²) in [5.74, 6) is -2.09. The highest BCUT2D eigenvalue weighted by atomic mass is 19.1. The van der Waals surface area contributed by atoms with Gasteiger partial charge in [0.15, 0.2) is 5.60 Å². The van der Waals surface area contributed by atoms with Gasteiger partial charge in [0.05, 0.1) is 40.6 Å². The summed E-state index contributed by atoms with van der Waals surface area (Å²) in [5.41, 5.74) is 6.55. The number of ether oxygens (including phenoxy) is 2. The summed E-state index contributed by atoms with van der Waals surface area (Å²) in [4.78, 5) is 56.1. The molecule has 2 aromatic heterocycles. The minimum Gasteiger partial charge on any atom is -0.458 e. The lowest BCUT2D eigenvalue weighted by Crippen LogP contribution is -2.49. The second-order valence-corrected chi connectivity index (χ2v) is 12.2. The number of aliphatic hydroxyl groups is 1. The molecule has 2 aliphatic heterocycles. The number of carbonyl (C=O) groups is 3. The summed E-state index contributed by atoms with van der Waals surface area (Å²) in [6.07, 6.45) is 0.959. The Morgan fingerprint density at radius 1 is 1.27 bits per heavy atom. The van der Waals surface area contributed by atoms with Gasteiger partial charge in [0, 0.05) is 22.6 Å². The molecule has 0 bridgehead atoms. The molecule has 2 amide bonds. The monoisotopic (exact) mass is 607 g/mol. The predicted octanol–water partition coefficient (Wildman–Crippen LogP) is 1.46. The average molecular weight is 608 g/mol. The van der Waals surface area contributed by atoms with Gasteiger partial charge in [0.25, 0.3) is 5.56 Å². The first-order chi connectivity index (χ1) is 20.8. The van der Waals surface area contributed by atoms with Crippen LogP contribution in [0.4, 0.5) is 4.39 Å². The van der Waals surface area contributed by atoms with Crippen LogP contribution >= 0.6 is 0 Å². The number of halogens is 1.